The zero-order valence-electron chi connectivity index (χ0n) is 15.3. The summed E-state index contributed by atoms with van der Waals surface area (Å²) in [6.45, 7) is 3.62. The molecule has 0 aliphatic carbocycles. The number of hydrazone groups is 1. The fourth-order valence-corrected chi connectivity index (χ4v) is 2.65. The van der Waals surface area contributed by atoms with E-state index in [9.17, 15) is 14.4 Å². The Kier molecular flexibility index (Phi) is 5.30. The van der Waals surface area contributed by atoms with Gasteiger partial charge >= 0.3 is 5.97 Å². The number of rotatable bonds is 5. The topological polar surface area (TPSA) is 114 Å². The van der Waals surface area contributed by atoms with Crippen molar-refractivity contribution in [3.63, 3.8) is 0 Å². The Labute approximate surface area is 160 Å². The first kappa shape index (κ1) is 19.0. The van der Waals surface area contributed by atoms with E-state index in [0.717, 1.165) is 0 Å². The first-order valence-electron chi connectivity index (χ1n) is 8.57. The van der Waals surface area contributed by atoms with Crippen LogP contribution in [0.5, 0.6) is 0 Å². The quantitative estimate of drug-likeness (QED) is 0.523. The Balaban J connectivity index is 1.88. The Bertz CT molecular complexity index is 1130. The van der Waals surface area contributed by atoms with E-state index in [-0.39, 0.29) is 22.9 Å². The molecule has 1 heterocycles. The second-order valence-electron chi connectivity index (χ2n) is 6.36. The largest absolute Gasteiger partial charge is 0.478 e. The Morgan fingerprint density at radius 2 is 1.75 bits per heavy atom. The fourth-order valence-electron chi connectivity index (χ4n) is 2.65. The molecule has 8 nitrogen and oxygen atoms in total. The van der Waals surface area contributed by atoms with Crippen molar-refractivity contribution in [2.75, 3.05) is 0 Å². The number of hydrogen-bond donors (Lipinski definition) is 2. The molecule has 0 radical (unpaired) electrons. The van der Waals surface area contributed by atoms with E-state index in [1.165, 1.54) is 23.0 Å². The molecule has 0 saturated carbocycles. The smallest absolute Gasteiger partial charge is 0.335 e. The summed E-state index contributed by atoms with van der Waals surface area (Å²) in [4.78, 5) is 36.0. The van der Waals surface area contributed by atoms with Crippen LogP contribution in [-0.4, -0.2) is 33.0 Å². The summed E-state index contributed by atoms with van der Waals surface area (Å²) in [5.74, 6) is -1.57. The first-order valence-corrected chi connectivity index (χ1v) is 8.57. The number of aromatic nitrogens is 2. The van der Waals surface area contributed by atoms with Gasteiger partial charge in [0.15, 0.2) is 5.69 Å². The van der Waals surface area contributed by atoms with E-state index in [0.29, 0.717) is 16.3 Å². The molecule has 0 atom stereocenters. The van der Waals surface area contributed by atoms with Gasteiger partial charge in [-0.15, -0.1) is 0 Å². The van der Waals surface area contributed by atoms with Gasteiger partial charge in [0.05, 0.1) is 23.2 Å². The predicted molar refractivity (Wildman–Crippen MR) is 105 cm³/mol. The van der Waals surface area contributed by atoms with Crippen molar-refractivity contribution in [3.8, 4) is 0 Å². The monoisotopic (exact) mass is 378 g/mol. The van der Waals surface area contributed by atoms with Crippen LogP contribution in [0, 0.1) is 0 Å². The minimum absolute atomic E-state index is 0.0993. The third kappa shape index (κ3) is 3.80. The van der Waals surface area contributed by atoms with E-state index < -0.39 is 11.9 Å². The van der Waals surface area contributed by atoms with Crippen molar-refractivity contribution < 1.29 is 14.7 Å². The molecule has 8 heteroatoms. The molecule has 0 unspecified atom stereocenters. The summed E-state index contributed by atoms with van der Waals surface area (Å²) >= 11 is 0. The van der Waals surface area contributed by atoms with Gasteiger partial charge in [-0.3, -0.25) is 9.59 Å². The molecule has 0 bridgehead atoms. The highest BCUT2D eigenvalue weighted by Gasteiger charge is 2.17. The predicted octanol–water partition coefficient (Wildman–Crippen LogP) is 2.44. The molecular formula is C20H18N4O4. The molecule has 1 amide bonds. The third-order valence-electron chi connectivity index (χ3n) is 4.07. The second kappa shape index (κ2) is 7.83. The van der Waals surface area contributed by atoms with Crippen molar-refractivity contribution >= 4 is 28.9 Å². The molecule has 142 valence electrons. The Morgan fingerprint density at radius 3 is 2.36 bits per heavy atom. The van der Waals surface area contributed by atoms with Gasteiger partial charge in [-0.05, 0) is 37.6 Å². The summed E-state index contributed by atoms with van der Waals surface area (Å²) in [5, 5.41) is 17.9. The van der Waals surface area contributed by atoms with Crippen LogP contribution in [0.4, 0.5) is 0 Å². The van der Waals surface area contributed by atoms with Crippen molar-refractivity contribution in [1.29, 1.82) is 0 Å². The zero-order chi connectivity index (χ0) is 20.3. The van der Waals surface area contributed by atoms with Crippen LogP contribution >= 0.6 is 0 Å². The highest BCUT2D eigenvalue weighted by atomic mass is 16.4. The summed E-state index contributed by atoms with van der Waals surface area (Å²) < 4.78 is 1.27. The number of carbonyl (C=O) groups excluding carboxylic acids is 1. The number of aromatic carboxylic acids is 1. The molecule has 3 rings (SSSR count). The molecule has 1 aromatic heterocycles. The van der Waals surface area contributed by atoms with Crippen molar-refractivity contribution in [3.05, 3.63) is 75.7 Å². The van der Waals surface area contributed by atoms with E-state index in [4.69, 9.17) is 5.11 Å². The van der Waals surface area contributed by atoms with Crippen molar-refractivity contribution in [1.82, 2.24) is 15.2 Å². The minimum atomic E-state index is -1.02. The maximum atomic E-state index is 12.6. The lowest BCUT2D eigenvalue weighted by molar-refractivity contribution is 0.0696. The van der Waals surface area contributed by atoms with Gasteiger partial charge in [0.1, 0.15) is 0 Å². The van der Waals surface area contributed by atoms with Crippen LogP contribution in [0.25, 0.3) is 10.8 Å². The van der Waals surface area contributed by atoms with Gasteiger partial charge in [0, 0.05) is 5.39 Å². The second-order valence-corrected chi connectivity index (χ2v) is 6.36. The zero-order valence-corrected chi connectivity index (χ0v) is 15.3. The van der Waals surface area contributed by atoms with Gasteiger partial charge in [-0.25, -0.2) is 14.9 Å². The average molecular weight is 378 g/mol. The number of amides is 1. The van der Waals surface area contributed by atoms with Crippen LogP contribution in [0.3, 0.4) is 0 Å². The van der Waals surface area contributed by atoms with E-state index >= 15 is 0 Å². The molecule has 0 fully saturated rings. The SMILES string of the molecule is CC(C)n1nc(C(=O)N/N=C\c2ccc(C(=O)O)cc2)c2ccccc2c1=O. The molecule has 0 saturated heterocycles. The number of fused-ring (bicyclic) bond motifs is 1. The van der Waals surface area contributed by atoms with Crippen LogP contribution in [0.1, 0.15) is 46.3 Å². The number of hydrogen-bond acceptors (Lipinski definition) is 5. The number of nitrogens with one attached hydrogen (secondary N) is 1. The molecule has 0 aliphatic rings. The third-order valence-corrected chi connectivity index (χ3v) is 4.07. The maximum absolute atomic E-state index is 12.6. The summed E-state index contributed by atoms with van der Waals surface area (Å²) in [6.07, 6.45) is 1.39. The van der Waals surface area contributed by atoms with E-state index in [1.807, 2.05) is 13.8 Å². The molecule has 0 aliphatic heterocycles. The van der Waals surface area contributed by atoms with E-state index in [2.05, 4.69) is 15.6 Å². The molecule has 2 aromatic carbocycles. The fraction of sp³-hybridized carbons (Fsp3) is 0.150. The van der Waals surface area contributed by atoms with Crippen LogP contribution in [0.15, 0.2) is 58.4 Å². The van der Waals surface area contributed by atoms with Gasteiger partial charge < -0.3 is 5.11 Å². The van der Waals surface area contributed by atoms with E-state index in [1.54, 1.807) is 36.4 Å². The first-order chi connectivity index (χ1) is 13.4. The lowest BCUT2D eigenvalue weighted by atomic mass is 10.1. The number of carbonyl (C=O) groups is 2. The van der Waals surface area contributed by atoms with Crippen molar-refractivity contribution in [2.24, 2.45) is 5.10 Å². The van der Waals surface area contributed by atoms with Gasteiger partial charge in [-0.1, -0.05) is 30.3 Å². The number of carboxylic acid groups (broad SMARTS) is 1. The summed E-state index contributed by atoms with van der Waals surface area (Å²) in [5.41, 5.74) is 3.02. The highest BCUT2D eigenvalue weighted by molar-refractivity contribution is 6.05. The highest BCUT2D eigenvalue weighted by Crippen LogP contribution is 2.14. The minimum Gasteiger partial charge on any atom is -0.478 e. The lowest BCUT2D eigenvalue weighted by Crippen LogP contribution is -2.30. The average Bonchev–Trinajstić information content (AvgIpc) is 2.68. The van der Waals surface area contributed by atoms with Crippen LogP contribution in [0.2, 0.25) is 0 Å². The summed E-state index contributed by atoms with van der Waals surface area (Å²) in [7, 11) is 0. The summed E-state index contributed by atoms with van der Waals surface area (Å²) in [6, 6.07) is 12.6. The normalized spacial score (nSPS) is 11.2. The van der Waals surface area contributed by atoms with Crippen LogP contribution in [-0.2, 0) is 0 Å². The molecule has 0 spiro atoms. The number of benzene rings is 2. The lowest BCUT2D eigenvalue weighted by Gasteiger charge is -2.12. The molecule has 3 aromatic rings. The standard InChI is InChI=1S/C20H18N4O4/c1-12(2)24-19(26)16-6-4-3-5-15(16)17(23-24)18(25)22-21-11-13-7-9-14(10-8-13)20(27)28/h3-12H,1-2H3,(H,22,25)(H,27,28)/b21-11-. The molecule has 2 N–H and O–H groups in total. The Hall–Kier alpha value is -3.81. The van der Waals surface area contributed by atoms with Gasteiger partial charge in [0.25, 0.3) is 11.5 Å². The van der Waals surface area contributed by atoms with Gasteiger partial charge in [-0.2, -0.15) is 10.2 Å². The molecule has 28 heavy (non-hydrogen) atoms. The molecular weight excluding hydrogens is 360 g/mol. The van der Waals surface area contributed by atoms with Gasteiger partial charge in [0.2, 0.25) is 0 Å². The maximum Gasteiger partial charge on any atom is 0.335 e. The van der Waals surface area contributed by atoms with Crippen LogP contribution < -0.4 is 11.0 Å². The Morgan fingerprint density at radius 1 is 1.11 bits per heavy atom. The van der Waals surface area contributed by atoms with Crippen molar-refractivity contribution in [2.45, 2.75) is 19.9 Å². The number of carboxylic acids is 1. The number of nitrogens with zero attached hydrogens (tertiary/aromatic N) is 3.